The number of carbonyl (C=O) groups is 2. The fourth-order valence-electron chi connectivity index (χ4n) is 5.90. The Morgan fingerprint density at radius 2 is 1.43 bits per heavy atom. The Labute approximate surface area is 257 Å². The van der Waals surface area contributed by atoms with Crippen LogP contribution in [-0.4, -0.2) is 93.3 Å². The molecule has 2 saturated heterocycles. The number of fused-ring (bicyclic) bond motifs is 1. The Morgan fingerprint density at radius 3 is 2.09 bits per heavy atom. The zero-order chi connectivity index (χ0) is 30.8. The van der Waals surface area contributed by atoms with Crippen molar-refractivity contribution in [3.05, 3.63) is 90.4 Å². The molecule has 230 valence electrons. The van der Waals surface area contributed by atoms with Crippen LogP contribution in [0.1, 0.15) is 34.8 Å². The number of hydrogen-bond donors (Lipinski definition) is 1. The van der Waals surface area contributed by atoms with Crippen LogP contribution in [0.25, 0.3) is 10.8 Å². The number of nitrogens with one attached hydrogen (secondary N) is 1. The van der Waals surface area contributed by atoms with Gasteiger partial charge in [0.1, 0.15) is 0 Å². The van der Waals surface area contributed by atoms with E-state index in [0.29, 0.717) is 43.5 Å². The van der Waals surface area contributed by atoms with E-state index in [9.17, 15) is 18.0 Å². The molecule has 2 aliphatic heterocycles. The average molecular weight is 616 g/mol. The van der Waals surface area contributed by atoms with Gasteiger partial charge in [-0.05, 0) is 67.1 Å². The highest BCUT2D eigenvalue weighted by Gasteiger charge is 2.29. The molecule has 4 aromatic rings. The number of hydrogen-bond acceptors (Lipinski definition) is 7. The summed E-state index contributed by atoms with van der Waals surface area (Å²) in [5.74, 6) is -0.134. The molecule has 0 unspecified atom stereocenters. The monoisotopic (exact) mass is 615 g/mol. The van der Waals surface area contributed by atoms with Gasteiger partial charge in [-0.15, -0.1) is 0 Å². The molecule has 0 bridgehead atoms. The van der Waals surface area contributed by atoms with Gasteiger partial charge in [-0.3, -0.25) is 19.2 Å². The number of nitrogens with zero attached hydrogens (tertiary/aromatic N) is 4. The number of piperazine rings is 2. The summed E-state index contributed by atoms with van der Waals surface area (Å²) < 4.78 is 35.5. The van der Waals surface area contributed by atoms with Crippen LogP contribution in [0.15, 0.2) is 88.4 Å². The van der Waals surface area contributed by atoms with Crippen molar-refractivity contribution >= 4 is 44.0 Å². The van der Waals surface area contributed by atoms with Gasteiger partial charge in [0.25, 0.3) is 21.8 Å². The molecule has 0 atom stereocenters. The van der Waals surface area contributed by atoms with E-state index < -0.39 is 10.0 Å². The normalized spacial score (nSPS) is 16.5. The highest BCUT2D eigenvalue weighted by molar-refractivity contribution is 7.92. The number of anilines is 2. The summed E-state index contributed by atoms with van der Waals surface area (Å²) in [7, 11) is -3.96. The highest BCUT2D eigenvalue weighted by Crippen LogP contribution is 2.32. The van der Waals surface area contributed by atoms with E-state index >= 15 is 0 Å². The van der Waals surface area contributed by atoms with Gasteiger partial charge in [0, 0.05) is 64.0 Å². The van der Waals surface area contributed by atoms with Gasteiger partial charge in [-0.1, -0.05) is 30.3 Å². The van der Waals surface area contributed by atoms with E-state index in [4.69, 9.17) is 4.42 Å². The third-order valence-corrected chi connectivity index (χ3v) is 9.85. The maximum absolute atomic E-state index is 13.7. The van der Waals surface area contributed by atoms with E-state index in [0.717, 1.165) is 42.6 Å². The van der Waals surface area contributed by atoms with Crippen LogP contribution in [0.2, 0.25) is 0 Å². The van der Waals surface area contributed by atoms with Gasteiger partial charge in [0.15, 0.2) is 5.76 Å². The molecule has 0 radical (unpaired) electrons. The first-order valence-corrected chi connectivity index (χ1v) is 16.4. The largest absolute Gasteiger partial charge is 0.459 e. The molecule has 2 fully saturated rings. The smallest absolute Gasteiger partial charge is 0.289 e. The number of rotatable bonds is 7. The van der Waals surface area contributed by atoms with Crippen molar-refractivity contribution in [3.63, 3.8) is 0 Å². The van der Waals surface area contributed by atoms with Gasteiger partial charge in [-0.2, -0.15) is 0 Å². The quantitative estimate of drug-likeness (QED) is 0.329. The Kier molecular flexibility index (Phi) is 8.33. The summed E-state index contributed by atoms with van der Waals surface area (Å²) in [5, 5.41) is 1.78. The summed E-state index contributed by atoms with van der Waals surface area (Å²) in [5.41, 5.74) is 1.49. The van der Waals surface area contributed by atoms with E-state index in [-0.39, 0.29) is 22.5 Å². The van der Waals surface area contributed by atoms with Gasteiger partial charge in [0.05, 0.1) is 22.5 Å². The maximum Gasteiger partial charge on any atom is 0.289 e. The van der Waals surface area contributed by atoms with Crippen molar-refractivity contribution in [2.75, 3.05) is 62.0 Å². The molecule has 6 rings (SSSR count). The lowest BCUT2D eigenvalue weighted by molar-refractivity contribution is 0.0518. The fourth-order valence-corrected chi connectivity index (χ4v) is 7.00. The summed E-state index contributed by atoms with van der Waals surface area (Å²) >= 11 is 0. The summed E-state index contributed by atoms with van der Waals surface area (Å²) in [6.07, 6.45) is 1.46. The number of furan rings is 1. The van der Waals surface area contributed by atoms with Gasteiger partial charge in [0.2, 0.25) is 0 Å². The van der Waals surface area contributed by atoms with Gasteiger partial charge >= 0.3 is 0 Å². The fraction of sp³-hybridized carbons (Fsp3) is 0.333. The lowest BCUT2D eigenvalue weighted by Gasteiger charge is -2.39. The van der Waals surface area contributed by atoms with E-state index in [1.54, 1.807) is 52.3 Å². The lowest BCUT2D eigenvalue weighted by Crippen LogP contribution is -2.50. The predicted molar refractivity (Wildman–Crippen MR) is 171 cm³/mol. The summed E-state index contributed by atoms with van der Waals surface area (Å²) in [4.78, 5) is 34.4. The van der Waals surface area contributed by atoms with Crippen molar-refractivity contribution in [2.24, 2.45) is 0 Å². The Morgan fingerprint density at radius 1 is 0.750 bits per heavy atom. The molecule has 10 nitrogen and oxygen atoms in total. The molecule has 3 aromatic carbocycles. The van der Waals surface area contributed by atoms with Crippen molar-refractivity contribution in [1.82, 2.24) is 14.7 Å². The SMILES string of the molecule is CC(C)N1CCN(c2ccc(C(=O)N3CCN(C(=O)c4ccco4)CC3)cc2NS(=O)(=O)c2ccc3ccccc3c2)CC1. The van der Waals surface area contributed by atoms with Crippen molar-refractivity contribution in [1.29, 1.82) is 0 Å². The minimum Gasteiger partial charge on any atom is -0.459 e. The molecular formula is C33H37N5O5S. The number of carbonyl (C=O) groups excluding carboxylic acids is 2. The molecular weight excluding hydrogens is 578 g/mol. The van der Waals surface area contributed by atoms with Crippen LogP contribution < -0.4 is 9.62 Å². The highest BCUT2D eigenvalue weighted by atomic mass is 32.2. The zero-order valence-corrected chi connectivity index (χ0v) is 25.8. The Hall–Kier alpha value is -4.35. The van der Waals surface area contributed by atoms with Crippen LogP contribution >= 0.6 is 0 Å². The van der Waals surface area contributed by atoms with Gasteiger partial charge < -0.3 is 19.1 Å². The van der Waals surface area contributed by atoms with Crippen molar-refractivity contribution in [3.8, 4) is 0 Å². The number of amides is 2. The van der Waals surface area contributed by atoms with Crippen LogP contribution in [0.4, 0.5) is 11.4 Å². The predicted octanol–water partition coefficient (Wildman–Crippen LogP) is 4.36. The first-order valence-electron chi connectivity index (χ1n) is 15.0. The van der Waals surface area contributed by atoms with E-state index in [1.165, 1.54) is 6.26 Å². The molecule has 1 N–H and O–H groups in total. The molecule has 11 heteroatoms. The second-order valence-corrected chi connectivity index (χ2v) is 13.2. The second kappa shape index (κ2) is 12.3. The summed E-state index contributed by atoms with van der Waals surface area (Å²) in [6, 6.07) is 21.7. The number of sulfonamides is 1. The summed E-state index contributed by atoms with van der Waals surface area (Å²) in [6.45, 7) is 9.02. The molecule has 0 aliphatic carbocycles. The molecule has 2 aliphatic rings. The molecule has 0 saturated carbocycles. The molecule has 2 amide bonds. The Balaban J connectivity index is 1.25. The average Bonchev–Trinajstić information content (AvgIpc) is 3.59. The molecule has 1 aromatic heterocycles. The third-order valence-electron chi connectivity index (χ3n) is 8.49. The number of benzene rings is 3. The minimum absolute atomic E-state index is 0.154. The second-order valence-electron chi connectivity index (χ2n) is 11.5. The first kappa shape index (κ1) is 29.7. The standard InChI is InChI=1S/C33H37N5O5S/c1-24(2)35-13-15-36(16-14-35)30-12-10-27(32(39)37-17-19-38(20-18-37)33(40)31-8-5-21-43-31)23-29(30)34-44(41,42)28-11-9-25-6-3-4-7-26(25)22-28/h3-12,21-24,34H,13-20H2,1-2H3. The topological polar surface area (TPSA) is 106 Å². The van der Waals surface area contributed by atoms with Crippen molar-refractivity contribution in [2.45, 2.75) is 24.8 Å². The first-order chi connectivity index (χ1) is 21.2. The zero-order valence-electron chi connectivity index (χ0n) is 25.0. The van der Waals surface area contributed by atoms with Crippen LogP contribution in [0.5, 0.6) is 0 Å². The third kappa shape index (κ3) is 6.15. The minimum atomic E-state index is -3.96. The van der Waals surface area contributed by atoms with Gasteiger partial charge in [-0.25, -0.2) is 8.42 Å². The molecule has 3 heterocycles. The van der Waals surface area contributed by atoms with Crippen LogP contribution in [-0.2, 0) is 10.0 Å². The van der Waals surface area contributed by atoms with Crippen LogP contribution in [0.3, 0.4) is 0 Å². The molecule has 44 heavy (non-hydrogen) atoms. The van der Waals surface area contributed by atoms with Crippen LogP contribution in [0, 0.1) is 0 Å². The Bertz CT molecular complexity index is 1760. The van der Waals surface area contributed by atoms with E-state index in [1.807, 2.05) is 30.3 Å². The maximum atomic E-state index is 13.7. The molecule has 0 spiro atoms. The lowest BCUT2D eigenvalue weighted by atomic mass is 10.1. The van der Waals surface area contributed by atoms with E-state index in [2.05, 4.69) is 28.4 Å². The van der Waals surface area contributed by atoms with Crippen molar-refractivity contribution < 1.29 is 22.4 Å².